The molecule has 0 bridgehead atoms. The standard InChI is InChI=1S/C5H12N4O/c1-4(2)9(5(6)10)8-7-3/h4H,1-3H3,(H2,6,10)/b8-7-. The summed E-state index contributed by atoms with van der Waals surface area (Å²) < 4.78 is 0. The largest absolute Gasteiger partial charge is 0.350 e. The highest BCUT2D eigenvalue weighted by Gasteiger charge is 2.11. The van der Waals surface area contributed by atoms with Crippen LogP contribution < -0.4 is 5.73 Å². The zero-order chi connectivity index (χ0) is 8.15. The Balaban J connectivity index is 4.12. The summed E-state index contributed by atoms with van der Waals surface area (Å²) in [6, 6.07) is -0.623. The Bertz CT molecular complexity index is 143. The number of primary amides is 1. The average molecular weight is 144 g/mol. The van der Waals surface area contributed by atoms with Crippen molar-refractivity contribution in [3.63, 3.8) is 0 Å². The van der Waals surface area contributed by atoms with Crippen LogP contribution in [0.15, 0.2) is 10.3 Å². The Kier molecular flexibility index (Phi) is 3.38. The molecule has 0 aliphatic heterocycles. The van der Waals surface area contributed by atoms with Crippen molar-refractivity contribution >= 4 is 6.03 Å². The maximum atomic E-state index is 10.5. The third-order valence-electron chi connectivity index (χ3n) is 0.901. The molecule has 58 valence electrons. The molecule has 0 heterocycles. The van der Waals surface area contributed by atoms with E-state index in [4.69, 9.17) is 5.73 Å². The third kappa shape index (κ3) is 2.43. The van der Waals surface area contributed by atoms with E-state index in [2.05, 4.69) is 10.3 Å². The normalized spacial score (nSPS) is 10.8. The van der Waals surface area contributed by atoms with Gasteiger partial charge in [-0.3, -0.25) is 0 Å². The molecule has 5 nitrogen and oxygen atoms in total. The van der Waals surface area contributed by atoms with Gasteiger partial charge in [0.25, 0.3) is 0 Å². The van der Waals surface area contributed by atoms with Crippen LogP contribution >= 0.6 is 0 Å². The maximum absolute atomic E-state index is 10.5. The van der Waals surface area contributed by atoms with Gasteiger partial charge in [0.1, 0.15) is 0 Å². The lowest BCUT2D eigenvalue weighted by atomic mass is 10.4. The molecule has 10 heavy (non-hydrogen) atoms. The van der Waals surface area contributed by atoms with Crippen LogP contribution in [0.5, 0.6) is 0 Å². The van der Waals surface area contributed by atoms with Gasteiger partial charge in [-0.2, -0.15) is 10.1 Å². The Morgan fingerprint density at radius 2 is 2.10 bits per heavy atom. The van der Waals surface area contributed by atoms with E-state index in [1.807, 2.05) is 0 Å². The molecular formula is C5H12N4O. The third-order valence-corrected chi connectivity index (χ3v) is 0.901. The summed E-state index contributed by atoms with van der Waals surface area (Å²) in [6.45, 7) is 3.61. The molecule has 0 aromatic rings. The van der Waals surface area contributed by atoms with Crippen LogP contribution in [-0.4, -0.2) is 24.1 Å². The van der Waals surface area contributed by atoms with Gasteiger partial charge in [0.2, 0.25) is 0 Å². The van der Waals surface area contributed by atoms with E-state index in [1.54, 1.807) is 13.8 Å². The van der Waals surface area contributed by atoms with Gasteiger partial charge in [-0.05, 0) is 13.8 Å². The first-order chi connectivity index (χ1) is 4.59. The Morgan fingerprint density at radius 3 is 2.20 bits per heavy atom. The molecule has 0 aromatic heterocycles. The number of carbonyl (C=O) groups excluding carboxylic acids is 1. The van der Waals surface area contributed by atoms with Gasteiger partial charge in [0, 0.05) is 0 Å². The molecule has 0 fully saturated rings. The molecule has 0 rings (SSSR count). The van der Waals surface area contributed by atoms with Gasteiger partial charge in [-0.15, -0.1) is 0 Å². The van der Waals surface area contributed by atoms with E-state index in [-0.39, 0.29) is 6.04 Å². The number of rotatable bonds is 2. The molecule has 0 unspecified atom stereocenters. The summed E-state index contributed by atoms with van der Waals surface area (Å²) in [5.41, 5.74) is 4.96. The second kappa shape index (κ2) is 3.81. The molecule has 0 atom stereocenters. The summed E-state index contributed by atoms with van der Waals surface area (Å²) in [5.74, 6) is 0. The van der Waals surface area contributed by atoms with Crippen molar-refractivity contribution in [1.82, 2.24) is 5.01 Å². The van der Waals surface area contributed by atoms with Crippen LogP contribution in [0.25, 0.3) is 0 Å². The van der Waals surface area contributed by atoms with E-state index in [0.29, 0.717) is 0 Å². The molecule has 2 amide bonds. The Hall–Kier alpha value is -1.13. The SMILES string of the molecule is C/N=N\N(C(N)=O)C(C)C. The van der Waals surface area contributed by atoms with Gasteiger partial charge in [0.15, 0.2) is 0 Å². The number of nitrogens with zero attached hydrogens (tertiary/aromatic N) is 3. The summed E-state index contributed by atoms with van der Waals surface area (Å²) >= 11 is 0. The van der Waals surface area contributed by atoms with Crippen LogP contribution in [0.1, 0.15) is 13.8 Å². The minimum absolute atomic E-state index is 0.0406. The van der Waals surface area contributed by atoms with Crippen LogP contribution in [0.4, 0.5) is 4.79 Å². The van der Waals surface area contributed by atoms with Gasteiger partial charge in [-0.1, -0.05) is 5.22 Å². The monoisotopic (exact) mass is 144 g/mol. The predicted octanol–water partition coefficient (Wildman–Crippen LogP) is 0.773. The van der Waals surface area contributed by atoms with Crippen molar-refractivity contribution in [3.8, 4) is 0 Å². The quantitative estimate of drug-likeness (QED) is 0.451. The summed E-state index contributed by atoms with van der Waals surface area (Å²) in [6.07, 6.45) is 0. The highest BCUT2D eigenvalue weighted by molar-refractivity contribution is 5.71. The summed E-state index contributed by atoms with van der Waals surface area (Å²) in [7, 11) is 1.48. The molecule has 0 radical (unpaired) electrons. The van der Waals surface area contributed by atoms with Crippen LogP contribution in [0.2, 0.25) is 0 Å². The van der Waals surface area contributed by atoms with Gasteiger partial charge < -0.3 is 5.73 Å². The molecule has 2 N–H and O–H groups in total. The first-order valence-electron chi connectivity index (χ1n) is 2.98. The number of urea groups is 1. The second-order valence-electron chi connectivity index (χ2n) is 2.07. The van der Waals surface area contributed by atoms with Gasteiger partial charge in [-0.25, -0.2) is 4.79 Å². The van der Waals surface area contributed by atoms with E-state index >= 15 is 0 Å². The van der Waals surface area contributed by atoms with E-state index in [9.17, 15) is 4.79 Å². The van der Waals surface area contributed by atoms with Gasteiger partial charge in [0.05, 0.1) is 13.1 Å². The lowest BCUT2D eigenvalue weighted by Crippen LogP contribution is -2.36. The molecule has 0 aliphatic rings. The zero-order valence-corrected chi connectivity index (χ0v) is 6.40. The number of hydrogen-bond acceptors (Lipinski definition) is 3. The summed E-state index contributed by atoms with van der Waals surface area (Å²) in [5, 5.41) is 8.05. The second-order valence-corrected chi connectivity index (χ2v) is 2.07. The van der Waals surface area contributed by atoms with E-state index < -0.39 is 6.03 Å². The molecule has 5 heteroatoms. The van der Waals surface area contributed by atoms with Crippen molar-refractivity contribution < 1.29 is 4.79 Å². The van der Waals surface area contributed by atoms with Crippen molar-refractivity contribution in [2.24, 2.45) is 16.1 Å². The topological polar surface area (TPSA) is 71.1 Å². The number of amides is 2. The predicted molar refractivity (Wildman–Crippen MR) is 37.3 cm³/mol. The number of hydrogen-bond donors (Lipinski definition) is 1. The van der Waals surface area contributed by atoms with Crippen LogP contribution in [-0.2, 0) is 0 Å². The van der Waals surface area contributed by atoms with Gasteiger partial charge >= 0.3 is 6.03 Å². The van der Waals surface area contributed by atoms with E-state index in [1.165, 1.54) is 7.05 Å². The lowest BCUT2D eigenvalue weighted by molar-refractivity contribution is 0.190. The van der Waals surface area contributed by atoms with Crippen LogP contribution in [0, 0.1) is 0 Å². The number of carbonyl (C=O) groups is 1. The smallest absolute Gasteiger partial charge is 0.336 e. The first kappa shape index (κ1) is 8.87. The molecule has 0 aliphatic carbocycles. The zero-order valence-electron chi connectivity index (χ0n) is 6.40. The average Bonchev–Trinajstić information content (AvgIpc) is 1.81. The highest BCUT2D eigenvalue weighted by atomic mass is 16.2. The fraction of sp³-hybridized carbons (Fsp3) is 0.800. The van der Waals surface area contributed by atoms with Crippen molar-refractivity contribution in [3.05, 3.63) is 0 Å². The fourth-order valence-corrected chi connectivity index (χ4v) is 0.498. The molecule has 0 aromatic carbocycles. The molecule has 0 spiro atoms. The lowest BCUT2D eigenvalue weighted by Gasteiger charge is -2.15. The highest BCUT2D eigenvalue weighted by Crippen LogP contribution is 1.97. The molecule has 0 saturated heterocycles. The molecular weight excluding hydrogens is 132 g/mol. The Labute approximate surface area is 59.9 Å². The summed E-state index contributed by atoms with van der Waals surface area (Å²) in [4.78, 5) is 10.5. The minimum atomic E-state index is -0.583. The van der Waals surface area contributed by atoms with Crippen molar-refractivity contribution in [2.45, 2.75) is 19.9 Å². The maximum Gasteiger partial charge on any atom is 0.336 e. The first-order valence-corrected chi connectivity index (χ1v) is 2.98. The van der Waals surface area contributed by atoms with Crippen molar-refractivity contribution in [2.75, 3.05) is 7.05 Å². The van der Waals surface area contributed by atoms with Crippen molar-refractivity contribution in [1.29, 1.82) is 0 Å². The Morgan fingerprint density at radius 1 is 1.60 bits per heavy atom. The van der Waals surface area contributed by atoms with E-state index in [0.717, 1.165) is 5.01 Å². The fourth-order valence-electron chi connectivity index (χ4n) is 0.498. The number of nitrogens with two attached hydrogens (primary N) is 1. The van der Waals surface area contributed by atoms with Crippen LogP contribution in [0.3, 0.4) is 0 Å². The molecule has 0 saturated carbocycles. The minimum Gasteiger partial charge on any atom is -0.350 e.